The summed E-state index contributed by atoms with van der Waals surface area (Å²) in [6.45, 7) is 1.87. The fourth-order valence-electron chi connectivity index (χ4n) is 1.41. The quantitative estimate of drug-likeness (QED) is 0.626. The van der Waals surface area contributed by atoms with Crippen molar-refractivity contribution in [2.24, 2.45) is 5.10 Å². The Labute approximate surface area is 110 Å². The molecule has 0 saturated heterocycles. The first-order valence-corrected chi connectivity index (χ1v) is 6.61. The molecule has 0 aliphatic heterocycles. The highest BCUT2D eigenvalue weighted by Crippen LogP contribution is 2.13. The largest absolute Gasteiger partial charge is 0.497 e. The second-order valence-corrected chi connectivity index (χ2v) is 4.34. The van der Waals surface area contributed by atoms with Crippen LogP contribution in [0.5, 0.6) is 5.75 Å². The zero-order valence-corrected chi connectivity index (χ0v) is 11.3. The molecular weight excluding hydrogens is 248 g/mol. The van der Waals surface area contributed by atoms with Gasteiger partial charge in [-0.2, -0.15) is 9.78 Å². The van der Waals surface area contributed by atoms with E-state index in [0.29, 0.717) is 0 Å². The third-order valence-corrected chi connectivity index (χ3v) is 3.01. The SMILES string of the molecule is COc1ccc(/C=N\n2c(C)nnc2SC)cc1. The fraction of sp³-hybridized carbons (Fsp3) is 0.250. The summed E-state index contributed by atoms with van der Waals surface area (Å²) in [4.78, 5) is 0. The molecule has 0 aliphatic carbocycles. The van der Waals surface area contributed by atoms with E-state index in [-0.39, 0.29) is 0 Å². The van der Waals surface area contributed by atoms with Crippen LogP contribution in [0.25, 0.3) is 0 Å². The Morgan fingerprint density at radius 1 is 1.28 bits per heavy atom. The van der Waals surface area contributed by atoms with Gasteiger partial charge in [0.15, 0.2) is 5.82 Å². The molecule has 0 spiro atoms. The van der Waals surface area contributed by atoms with Gasteiger partial charge in [0, 0.05) is 0 Å². The van der Waals surface area contributed by atoms with Crippen LogP contribution in [-0.4, -0.2) is 34.5 Å². The number of benzene rings is 1. The van der Waals surface area contributed by atoms with Crippen molar-refractivity contribution in [3.05, 3.63) is 35.7 Å². The van der Waals surface area contributed by atoms with Crippen LogP contribution in [-0.2, 0) is 0 Å². The average molecular weight is 262 g/mol. The lowest BCUT2D eigenvalue weighted by atomic mass is 10.2. The number of rotatable bonds is 4. The van der Waals surface area contributed by atoms with Crippen molar-refractivity contribution >= 4 is 18.0 Å². The molecule has 5 nitrogen and oxygen atoms in total. The van der Waals surface area contributed by atoms with Crippen LogP contribution in [0, 0.1) is 6.92 Å². The van der Waals surface area contributed by atoms with E-state index >= 15 is 0 Å². The summed E-state index contributed by atoms with van der Waals surface area (Å²) in [5.41, 5.74) is 0.996. The first-order chi connectivity index (χ1) is 8.74. The van der Waals surface area contributed by atoms with Gasteiger partial charge in [-0.15, -0.1) is 10.2 Å². The second kappa shape index (κ2) is 5.68. The van der Waals surface area contributed by atoms with E-state index in [1.807, 2.05) is 37.4 Å². The maximum atomic E-state index is 5.10. The zero-order chi connectivity index (χ0) is 13.0. The lowest BCUT2D eigenvalue weighted by molar-refractivity contribution is 0.415. The van der Waals surface area contributed by atoms with Gasteiger partial charge in [-0.25, -0.2) is 0 Å². The van der Waals surface area contributed by atoms with Crippen molar-refractivity contribution in [3.63, 3.8) is 0 Å². The molecule has 0 atom stereocenters. The van der Waals surface area contributed by atoms with Crippen molar-refractivity contribution < 1.29 is 4.74 Å². The lowest BCUT2D eigenvalue weighted by Crippen LogP contribution is -1.95. The highest BCUT2D eigenvalue weighted by Gasteiger charge is 2.05. The Bertz CT molecular complexity index is 548. The number of ether oxygens (including phenoxy) is 1. The summed E-state index contributed by atoms with van der Waals surface area (Å²) < 4.78 is 6.82. The van der Waals surface area contributed by atoms with Crippen molar-refractivity contribution in [3.8, 4) is 5.75 Å². The van der Waals surface area contributed by atoms with Crippen LogP contribution in [0.2, 0.25) is 0 Å². The third kappa shape index (κ3) is 2.70. The molecule has 0 amide bonds. The summed E-state index contributed by atoms with van der Waals surface area (Å²) in [5, 5.41) is 13.1. The number of aryl methyl sites for hydroxylation is 1. The summed E-state index contributed by atoms with van der Waals surface area (Å²) in [6.07, 6.45) is 3.72. The number of nitrogens with zero attached hydrogens (tertiary/aromatic N) is 4. The molecule has 18 heavy (non-hydrogen) atoms. The van der Waals surface area contributed by atoms with Crippen molar-refractivity contribution in [1.82, 2.24) is 14.9 Å². The van der Waals surface area contributed by atoms with Gasteiger partial charge < -0.3 is 4.74 Å². The minimum Gasteiger partial charge on any atom is -0.497 e. The number of hydrogen-bond donors (Lipinski definition) is 0. The fourth-order valence-corrected chi connectivity index (χ4v) is 1.89. The molecule has 0 unspecified atom stereocenters. The van der Waals surface area contributed by atoms with Crippen molar-refractivity contribution in [2.45, 2.75) is 12.1 Å². The molecular formula is C12H14N4OS. The number of thioether (sulfide) groups is 1. The predicted molar refractivity (Wildman–Crippen MR) is 72.5 cm³/mol. The van der Waals surface area contributed by atoms with Gasteiger partial charge in [-0.3, -0.25) is 0 Å². The molecule has 0 aliphatic rings. The lowest BCUT2D eigenvalue weighted by Gasteiger charge is -2.00. The van der Waals surface area contributed by atoms with E-state index in [1.165, 1.54) is 11.8 Å². The van der Waals surface area contributed by atoms with Gasteiger partial charge >= 0.3 is 0 Å². The van der Waals surface area contributed by atoms with Crippen LogP contribution in [0.3, 0.4) is 0 Å². The Kier molecular flexibility index (Phi) is 3.99. The molecule has 0 bridgehead atoms. The summed E-state index contributed by atoms with van der Waals surface area (Å²) >= 11 is 1.51. The first kappa shape index (κ1) is 12.6. The number of hydrogen-bond acceptors (Lipinski definition) is 5. The second-order valence-electron chi connectivity index (χ2n) is 3.56. The molecule has 2 rings (SSSR count). The maximum absolute atomic E-state index is 5.10. The smallest absolute Gasteiger partial charge is 0.211 e. The number of aromatic nitrogens is 3. The van der Waals surface area contributed by atoms with Crippen molar-refractivity contribution in [1.29, 1.82) is 0 Å². The average Bonchev–Trinajstić information content (AvgIpc) is 2.77. The molecule has 2 aromatic rings. The topological polar surface area (TPSA) is 52.3 Å². The maximum Gasteiger partial charge on any atom is 0.211 e. The minimum absolute atomic E-state index is 0.768. The van der Waals surface area contributed by atoms with E-state index in [2.05, 4.69) is 15.3 Å². The monoisotopic (exact) mass is 262 g/mol. The van der Waals surface area contributed by atoms with E-state index in [1.54, 1.807) is 18.0 Å². The summed E-state index contributed by atoms with van der Waals surface area (Å²) in [5.74, 6) is 1.60. The van der Waals surface area contributed by atoms with Crippen LogP contribution in [0.15, 0.2) is 34.5 Å². The molecule has 94 valence electrons. The third-order valence-electron chi connectivity index (χ3n) is 2.39. The molecule has 0 saturated carbocycles. The standard InChI is InChI=1S/C12H14N4OS/c1-9-14-15-12(18-3)16(9)13-8-10-4-6-11(17-2)7-5-10/h4-8H,1-3H3/b13-8-. The minimum atomic E-state index is 0.768. The van der Waals surface area contributed by atoms with Gasteiger partial charge in [0.25, 0.3) is 0 Å². The van der Waals surface area contributed by atoms with Gasteiger partial charge in [0.05, 0.1) is 13.3 Å². The van der Waals surface area contributed by atoms with E-state index < -0.39 is 0 Å². The summed E-state index contributed by atoms with van der Waals surface area (Å²) in [7, 11) is 1.65. The Morgan fingerprint density at radius 2 is 2.00 bits per heavy atom. The van der Waals surface area contributed by atoms with E-state index in [9.17, 15) is 0 Å². The number of methoxy groups -OCH3 is 1. The Morgan fingerprint density at radius 3 is 2.61 bits per heavy atom. The van der Waals surface area contributed by atoms with Gasteiger partial charge in [0.2, 0.25) is 5.16 Å². The van der Waals surface area contributed by atoms with Crippen LogP contribution >= 0.6 is 11.8 Å². The molecule has 6 heteroatoms. The summed E-state index contributed by atoms with van der Waals surface area (Å²) in [6, 6.07) is 7.69. The first-order valence-electron chi connectivity index (χ1n) is 5.39. The molecule has 0 radical (unpaired) electrons. The molecule has 1 aromatic heterocycles. The molecule has 0 N–H and O–H groups in total. The van der Waals surface area contributed by atoms with Gasteiger partial charge in [-0.05, 0) is 43.0 Å². The van der Waals surface area contributed by atoms with Gasteiger partial charge in [-0.1, -0.05) is 11.8 Å². The highest BCUT2D eigenvalue weighted by molar-refractivity contribution is 7.98. The highest BCUT2D eigenvalue weighted by atomic mass is 32.2. The Hall–Kier alpha value is -1.82. The van der Waals surface area contributed by atoms with Crippen LogP contribution in [0.4, 0.5) is 0 Å². The van der Waals surface area contributed by atoms with Crippen LogP contribution in [0.1, 0.15) is 11.4 Å². The van der Waals surface area contributed by atoms with E-state index in [0.717, 1.165) is 22.3 Å². The molecule has 1 aromatic carbocycles. The molecule has 0 fully saturated rings. The zero-order valence-electron chi connectivity index (χ0n) is 10.5. The van der Waals surface area contributed by atoms with E-state index in [4.69, 9.17) is 4.74 Å². The molecule has 1 heterocycles. The van der Waals surface area contributed by atoms with Gasteiger partial charge in [0.1, 0.15) is 5.75 Å². The predicted octanol–water partition coefficient (Wildman–Crippen LogP) is 2.20. The normalized spacial score (nSPS) is 11.1. The van der Waals surface area contributed by atoms with Crippen LogP contribution < -0.4 is 4.74 Å². The van der Waals surface area contributed by atoms with Crippen molar-refractivity contribution in [2.75, 3.05) is 13.4 Å². The Balaban J connectivity index is 2.21.